The molecule has 4 heteroatoms. The first-order chi connectivity index (χ1) is 7.54. The zero-order chi connectivity index (χ0) is 12.1. The number of halogens is 1. The molecule has 16 heavy (non-hydrogen) atoms. The van der Waals surface area contributed by atoms with E-state index in [4.69, 9.17) is 17.3 Å². The fourth-order valence-electron chi connectivity index (χ4n) is 1.20. The third kappa shape index (κ3) is 3.36. The van der Waals surface area contributed by atoms with Crippen LogP contribution in [0.2, 0.25) is 5.02 Å². The van der Waals surface area contributed by atoms with Crippen molar-refractivity contribution in [3.63, 3.8) is 0 Å². The summed E-state index contributed by atoms with van der Waals surface area (Å²) in [6.07, 6.45) is 3.22. The molecule has 0 saturated heterocycles. The average molecular weight is 239 g/mol. The van der Waals surface area contributed by atoms with Crippen LogP contribution in [0.25, 0.3) is 0 Å². The Balaban J connectivity index is 2.92. The summed E-state index contributed by atoms with van der Waals surface area (Å²) in [7, 11) is 3.72. The first-order valence-electron chi connectivity index (χ1n) is 4.92. The van der Waals surface area contributed by atoms with Crippen LogP contribution in [0, 0.1) is 0 Å². The van der Waals surface area contributed by atoms with Crippen LogP contribution in [0.4, 0.5) is 0 Å². The highest BCUT2D eigenvalue weighted by Gasteiger charge is 2.05. The lowest BCUT2D eigenvalue weighted by molar-refractivity contribution is 0.104. The molecular weight excluding hydrogens is 224 g/mol. The zero-order valence-electron chi connectivity index (χ0n) is 9.40. The maximum Gasteiger partial charge on any atom is 0.187 e. The van der Waals surface area contributed by atoms with Crippen molar-refractivity contribution in [1.82, 2.24) is 4.90 Å². The summed E-state index contributed by atoms with van der Waals surface area (Å²) < 4.78 is 0. The third-order valence-corrected chi connectivity index (χ3v) is 2.44. The van der Waals surface area contributed by atoms with Crippen molar-refractivity contribution in [2.24, 2.45) is 5.73 Å². The van der Waals surface area contributed by atoms with Crippen LogP contribution in [0.1, 0.15) is 15.9 Å². The Morgan fingerprint density at radius 1 is 1.50 bits per heavy atom. The molecule has 0 saturated carbocycles. The van der Waals surface area contributed by atoms with E-state index >= 15 is 0 Å². The van der Waals surface area contributed by atoms with Crippen LogP contribution in [0.3, 0.4) is 0 Å². The number of hydrogen-bond acceptors (Lipinski definition) is 3. The normalized spacial score (nSPS) is 10.8. The van der Waals surface area contributed by atoms with Gasteiger partial charge in [0.05, 0.1) is 0 Å². The van der Waals surface area contributed by atoms with E-state index in [2.05, 4.69) is 0 Å². The first-order valence-corrected chi connectivity index (χ1v) is 5.30. The van der Waals surface area contributed by atoms with Crippen LogP contribution < -0.4 is 5.73 Å². The Kier molecular flexibility index (Phi) is 4.52. The van der Waals surface area contributed by atoms with Crippen molar-refractivity contribution < 1.29 is 4.79 Å². The molecule has 3 nitrogen and oxygen atoms in total. The molecule has 0 aliphatic heterocycles. The SMILES string of the molecule is CN(C)C=CC(=O)c1ccc(Cl)c(CN)c1. The highest BCUT2D eigenvalue weighted by atomic mass is 35.5. The van der Waals surface area contributed by atoms with E-state index in [0.717, 1.165) is 5.56 Å². The van der Waals surface area contributed by atoms with Crippen molar-refractivity contribution in [1.29, 1.82) is 0 Å². The van der Waals surface area contributed by atoms with E-state index in [0.29, 0.717) is 17.1 Å². The topological polar surface area (TPSA) is 46.3 Å². The van der Waals surface area contributed by atoms with Crippen LogP contribution in [0.5, 0.6) is 0 Å². The van der Waals surface area contributed by atoms with E-state index in [-0.39, 0.29) is 5.78 Å². The summed E-state index contributed by atoms with van der Waals surface area (Å²) in [5, 5.41) is 0.593. The minimum absolute atomic E-state index is 0.0555. The molecule has 0 aromatic heterocycles. The second-order valence-corrected chi connectivity index (χ2v) is 4.06. The standard InChI is InChI=1S/C12H15ClN2O/c1-15(2)6-5-12(16)9-3-4-11(13)10(7-9)8-14/h3-7H,8,14H2,1-2H3. The van der Waals surface area contributed by atoms with E-state index in [1.165, 1.54) is 6.08 Å². The molecule has 0 aliphatic carbocycles. The highest BCUT2D eigenvalue weighted by molar-refractivity contribution is 6.31. The summed E-state index contributed by atoms with van der Waals surface area (Å²) in [4.78, 5) is 13.5. The van der Waals surface area contributed by atoms with Gasteiger partial charge in [-0.25, -0.2) is 0 Å². The summed E-state index contributed by atoms with van der Waals surface area (Å²) in [5.74, 6) is -0.0555. The van der Waals surface area contributed by atoms with Gasteiger partial charge in [0, 0.05) is 43.5 Å². The smallest absolute Gasteiger partial charge is 0.187 e. The van der Waals surface area contributed by atoms with E-state index in [1.807, 2.05) is 14.1 Å². The van der Waals surface area contributed by atoms with Crippen LogP contribution in [-0.4, -0.2) is 24.8 Å². The minimum Gasteiger partial charge on any atom is -0.383 e. The lowest BCUT2D eigenvalue weighted by atomic mass is 10.1. The van der Waals surface area contributed by atoms with Gasteiger partial charge in [0.15, 0.2) is 5.78 Å². The molecule has 0 unspecified atom stereocenters. The maximum absolute atomic E-state index is 11.7. The van der Waals surface area contributed by atoms with Crippen molar-refractivity contribution in [2.75, 3.05) is 14.1 Å². The van der Waals surface area contributed by atoms with Gasteiger partial charge in [-0.05, 0) is 23.8 Å². The van der Waals surface area contributed by atoms with Crippen molar-refractivity contribution >= 4 is 17.4 Å². The molecule has 0 amide bonds. The Morgan fingerprint density at radius 2 is 2.19 bits per heavy atom. The molecule has 2 N–H and O–H groups in total. The number of nitrogens with zero attached hydrogens (tertiary/aromatic N) is 1. The van der Waals surface area contributed by atoms with Gasteiger partial charge in [-0.2, -0.15) is 0 Å². The molecule has 1 rings (SSSR count). The van der Waals surface area contributed by atoms with Crippen LogP contribution in [-0.2, 0) is 6.54 Å². The Morgan fingerprint density at radius 3 is 2.75 bits per heavy atom. The Hall–Kier alpha value is -1.32. The van der Waals surface area contributed by atoms with Crippen molar-refractivity contribution in [2.45, 2.75) is 6.54 Å². The second kappa shape index (κ2) is 5.68. The minimum atomic E-state index is -0.0555. The summed E-state index contributed by atoms with van der Waals surface area (Å²) in [5.41, 5.74) is 6.90. The number of allylic oxidation sites excluding steroid dienone is 1. The number of hydrogen-bond donors (Lipinski definition) is 1. The van der Waals surface area contributed by atoms with E-state index < -0.39 is 0 Å². The van der Waals surface area contributed by atoms with Gasteiger partial charge in [-0.3, -0.25) is 4.79 Å². The van der Waals surface area contributed by atoms with Crippen molar-refractivity contribution in [3.8, 4) is 0 Å². The zero-order valence-corrected chi connectivity index (χ0v) is 10.2. The number of rotatable bonds is 4. The summed E-state index contributed by atoms with van der Waals surface area (Å²) >= 11 is 5.91. The lowest BCUT2D eigenvalue weighted by Gasteiger charge is -2.05. The molecule has 0 fully saturated rings. The second-order valence-electron chi connectivity index (χ2n) is 3.65. The maximum atomic E-state index is 11.7. The first kappa shape index (κ1) is 12.7. The molecule has 0 radical (unpaired) electrons. The van der Waals surface area contributed by atoms with Crippen LogP contribution in [0.15, 0.2) is 30.5 Å². The van der Waals surface area contributed by atoms with E-state index in [1.54, 1.807) is 29.3 Å². The molecule has 0 heterocycles. The fraction of sp³-hybridized carbons (Fsp3) is 0.250. The van der Waals surface area contributed by atoms with Gasteiger partial charge in [0.25, 0.3) is 0 Å². The quantitative estimate of drug-likeness (QED) is 0.645. The van der Waals surface area contributed by atoms with Crippen LogP contribution >= 0.6 is 11.6 Å². The number of benzene rings is 1. The third-order valence-electron chi connectivity index (χ3n) is 2.07. The van der Waals surface area contributed by atoms with Gasteiger partial charge >= 0.3 is 0 Å². The fourth-order valence-corrected chi connectivity index (χ4v) is 1.39. The molecule has 1 aromatic carbocycles. The molecule has 86 valence electrons. The molecule has 0 bridgehead atoms. The van der Waals surface area contributed by atoms with Gasteiger partial charge in [-0.1, -0.05) is 11.6 Å². The van der Waals surface area contributed by atoms with Gasteiger partial charge < -0.3 is 10.6 Å². The average Bonchev–Trinajstić information content (AvgIpc) is 2.26. The Labute approximate surface area is 100 Å². The summed E-state index contributed by atoms with van der Waals surface area (Å²) in [6.45, 7) is 0.331. The predicted molar refractivity (Wildman–Crippen MR) is 66.5 cm³/mol. The molecule has 0 atom stereocenters. The molecule has 0 spiro atoms. The van der Waals surface area contributed by atoms with E-state index in [9.17, 15) is 4.79 Å². The number of carbonyl (C=O) groups excluding carboxylic acids is 1. The predicted octanol–water partition coefficient (Wildman–Crippen LogP) is 2.06. The number of ketones is 1. The Bertz CT molecular complexity index is 413. The largest absolute Gasteiger partial charge is 0.383 e. The summed E-state index contributed by atoms with van der Waals surface area (Å²) in [6, 6.07) is 5.12. The van der Waals surface area contributed by atoms with Gasteiger partial charge in [0.1, 0.15) is 0 Å². The number of carbonyl (C=O) groups is 1. The number of nitrogens with two attached hydrogens (primary N) is 1. The van der Waals surface area contributed by atoms with Gasteiger partial charge in [-0.15, -0.1) is 0 Å². The van der Waals surface area contributed by atoms with Gasteiger partial charge in [0.2, 0.25) is 0 Å². The lowest BCUT2D eigenvalue weighted by Crippen LogP contribution is -2.04. The molecule has 0 aliphatic rings. The highest BCUT2D eigenvalue weighted by Crippen LogP contribution is 2.17. The molecule has 1 aromatic rings. The molecular formula is C12H15ClN2O. The van der Waals surface area contributed by atoms with Crippen molar-refractivity contribution in [3.05, 3.63) is 46.6 Å². The monoisotopic (exact) mass is 238 g/mol.